The van der Waals surface area contributed by atoms with Crippen molar-refractivity contribution in [1.29, 1.82) is 0 Å². The van der Waals surface area contributed by atoms with Gasteiger partial charge in [0.2, 0.25) is 9.84 Å². The number of aryl methyl sites for hydroxylation is 1. The molecule has 4 N–H and O–H groups in total. The largest absolute Gasteiger partial charge is 1.00 e. The summed E-state index contributed by atoms with van der Waals surface area (Å²) in [5.74, 6) is -1.90. The minimum absolute atomic E-state index is 0. The Hall–Kier alpha value is -1.91. The van der Waals surface area contributed by atoms with Gasteiger partial charge in [0.05, 0.1) is 15.9 Å². The second-order valence-electron chi connectivity index (χ2n) is 7.51. The predicted octanol–water partition coefficient (Wildman–Crippen LogP) is 0.949. The fraction of sp³-hybridized carbons (Fsp3) is 0.208. The SMILES string of the molecule is O=C(O)c1cc(S(=O)(=O)c2ccc(CCCNC[C@@H](O)c3cccc(Cl)c3)cc2)ccc1O.[H-].[Na+]. The van der Waals surface area contributed by atoms with Crippen LogP contribution in [-0.4, -0.2) is 42.8 Å². The third-order valence-electron chi connectivity index (χ3n) is 5.13. The molecule has 176 valence electrons. The van der Waals surface area contributed by atoms with Gasteiger partial charge in [-0.25, -0.2) is 13.2 Å². The van der Waals surface area contributed by atoms with Crippen LogP contribution in [0.25, 0.3) is 0 Å². The van der Waals surface area contributed by atoms with E-state index in [0.717, 1.165) is 29.7 Å². The van der Waals surface area contributed by atoms with Crippen molar-refractivity contribution in [3.63, 3.8) is 0 Å². The summed E-state index contributed by atoms with van der Waals surface area (Å²) in [6.45, 7) is 1.06. The van der Waals surface area contributed by atoms with Gasteiger partial charge in [-0.15, -0.1) is 0 Å². The van der Waals surface area contributed by atoms with Crippen molar-refractivity contribution < 1.29 is 59.5 Å². The molecule has 10 heteroatoms. The monoisotopic (exact) mass is 513 g/mol. The topological polar surface area (TPSA) is 124 Å². The first-order chi connectivity index (χ1) is 15.7. The van der Waals surface area contributed by atoms with Crippen LogP contribution in [-0.2, 0) is 16.3 Å². The maximum absolute atomic E-state index is 12.8. The number of aromatic hydroxyl groups is 1. The number of aromatic carboxylic acids is 1. The van der Waals surface area contributed by atoms with Gasteiger partial charge in [-0.1, -0.05) is 35.9 Å². The third kappa shape index (κ3) is 7.29. The zero-order valence-corrected chi connectivity index (χ0v) is 22.2. The number of aliphatic hydroxyl groups excluding tert-OH is 1. The van der Waals surface area contributed by atoms with Crippen LogP contribution in [0.2, 0.25) is 5.02 Å². The number of sulfone groups is 1. The van der Waals surface area contributed by atoms with Crippen LogP contribution >= 0.6 is 11.6 Å². The maximum Gasteiger partial charge on any atom is 1.00 e. The Morgan fingerprint density at radius 3 is 2.35 bits per heavy atom. The van der Waals surface area contributed by atoms with E-state index in [2.05, 4.69) is 5.32 Å². The van der Waals surface area contributed by atoms with E-state index < -0.39 is 33.2 Å². The molecule has 3 aromatic rings. The standard InChI is InChI=1S/C24H24ClNO6S.Na.H/c25-18-5-1-4-17(13-18)23(28)15-26-12-2-3-16-6-8-19(9-7-16)33(31,32)20-10-11-22(27)21(14-20)24(29)30;;/h1,4-11,13-14,23,26-28H,2-3,12,15H2,(H,29,30);;/q;+1;-1/t23-;;/m1../s1. The van der Waals surface area contributed by atoms with Gasteiger partial charge in [-0.2, -0.15) is 0 Å². The van der Waals surface area contributed by atoms with Gasteiger partial charge in [-0.3, -0.25) is 0 Å². The quantitative estimate of drug-likeness (QED) is 0.235. The van der Waals surface area contributed by atoms with Crippen LogP contribution in [0, 0.1) is 0 Å². The van der Waals surface area contributed by atoms with Crippen molar-refractivity contribution in [2.45, 2.75) is 28.7 Å². The van der Waals surface area contributed by atoms with Gasteiger partial charge in [-0.05, 0) is 73.0 Å². The summed E-state index contributed by atoms with van der Waals surface area (Å²) in [5, 5.41) is 32.7. The smallest absolute Gasteiger partial charge is 1.00 e. The summed E-state index contributed by atoms with van der Waals surface area (Å²) in [7, 11) is -3.92. The van der Waals surface area contributed by atoms with E-state index in [4.69, 9.17) is 16.7 Å². The minimum atomic E-state index is -3.92. The second kappa shape index (κ2) is 12.7. The molecule has 0 radical (unpaired) electrons. The maximum atomic E-state index is 12.8. The molecule has 0 bridgehead atoms. The number of carboxylic acids is 1. The van der Waals surface area contributed by atoms with Gasteiger partial charge in [0, 0.05) is 11.6 Å². The summed E-state index contributed by atoms with van der Waals surface area (Å²) in [5.41, 5.74) is 1.22. The molecule has 0 unspecified atom stereocenters. The first-order valence-electron chi connectivity index (χ1n) is 10.2. The van der Waals surface area contributed by atoms with Crippen LogP contribution < -0.4 is 34.9 Å². The molecule has 3 aromatic carbocycles. The molecule has 0 aliphatic carbocycles. The summed E-state index contributed by atoms with van der Waals surface area (Å²) >= 11 is 5.94. The Kier molecular flexibility index (Phi) is 10.6. The van der Waals surface area contributed by atoms with E-state index >= 15 is 0 Å². The van der Waals surface area contributed by atoms with E-state index in [1.807, 2.05) is 6.07 Å². The van der Waals surface area contributed by atoms with Crippen molar-refractivity contribution in [2.24, 2.45) is 0 Å². The summed E-state index contributed by atoms with van der Waals surface area (Å²) in [6, 6.07) is 16.6. The van der Waals surface area contributed by atoms with E-state index in [1.165, 1.54) is 18.2 Å². The number of benzene rings is 3. The number of phenols is 1. The molecule has 0 saturated carbocycles. The number of rotatable bonds is 10. The fourth-order valence-corrected chi connectivity index (χ4v) is 4.80. The first kappa shape index (κ1) is 28.3. The van der Waals surface area contributed by atoms with Crippen LogP contribution in [0.5, 0.6) is 5.75 Å². The average Bonchev–Trinajstić information content (AvgIpc) is 2.79. The number of carboxylic acid groups (broad SMARTS) is 1. The molecule has 0 heterocycles. The number of hydrogen-bond donors (Lipinski definition) is 4. The van der Waals surface area contributed by atoms with Crippen molar-refractivity contribution in [1.82, 2.24) is 5.32 Å². The summed E-state index contributed by atoms with van der Waals surface area (Å²) in [4.78, 5) is 11.0. The normalized spacial score (nSPS) is 12.1. The Morgan fingerprint density at radius 2 is 1.71 bits per heavy atom. The molecule has 0 amide bonds. The summed E-state index contributed by atoms with van der Waals surface area (Å²) in [6.07, 6.45) is 0.840. The number of nitrogens with one attached hydrogen (secondary N) is 1. The van der Waals surface area contributed by atoms with Crippen LogP contribution in [0.15, 0.2) is 76.5 Å². The van der Waals surface area contributed by atoms with Gasteiger partial charge >= 0.3 is 35.5 Å². The van der Waals surface area contributed by atoms with Gasteiger partial charge in [0.1, 0.15) is 11.3 Å². The van der Waals surface area contributed by atoms with Gasteiger partial charge in [0.15, 0.2) is 0 Å². The number of hydrogen-bond acceptors (Lipinski definition) is 6. The van der Waals surface area contributed by atoms with Crippen LogP contribution in [0.3, 0.4) is 0 Å². The first-order valence-corrected chi connectivity index (χ1v) is 12.1. The van der Waals surface area contributed by atoms with Crippen molar-refractivity contribution in [2.75, 3.05) is 13.1 Å². The third-order valence-corrected chi connectivity index (χ3v) is 7.13. The number of carbonyl (C=O) groups is 1. The van der Waals surface area contributed by atoms with Crippen molar-refractivity contribution in [3.8, 4) is 5.75 Å². The molecular formula is C24H25ClNNaO6S. The Labute approximate surface area is 227 Å². The molecule has 0 spiro atoms. The number of aliphatic hydroxyl groups is 1. The molecule has 0 aliphatic heterocycles. The molecule has 0 aliphatic rings. The molecule has 0 aromatic heterocycles. The van der Waals surface area contributed by atoms with E-state index in [-0.39, 0.29) is 40.8 Å². The zero-order valence-electron chi connectivity index (χ0n) is 19.6. The Morgan fingerprint density at radius 1 is 1.03 bits per heavy atom. The van der Waals surface area contributed by atoms with Crippen molar-refractivity contribution in [3.05, 3.63) is 88.4 Å². The molecular weight excluding hydrogens is 489 g/mol. The molecule has 0 fully saturated rings. The minimum Gasteiger partial charge on any atom is -1.00 e. The Balaban J connectivity index is 0.00000306. The summed E-state index contributed by atoms with van der Waals surface area (Å²) < 4.78 is 25.6. The van der Waals surface area contributed by atoms with E-state index in [1.54, 1.807) is 30.3 Å². The fourth-order valence-electron chi connectivity index (χ4n) is 3.31. The molecule has 7 nitrogen and oxygen atoms in total. The van der Waals surface area contributed by atoms with Gasteiger partial charge < -0.3 is 22.1 Å². The van der Waals surface area contributed by atoms with Gasteiger partial charge in [0.25, 0.3) is 0 Å². The van der Waals surface area contributed by atoms with Crippen LogP contribution in [0.4, 0.5) is 0 Å². The Bertz CT molecular complexity index is 1240. The van der Waals surface area contributed by atoms with E-state index in [9.17, 15) is 23.4 Å². The average molecular weight is 514 g/mol. The van der Waals surface area contributed by atoms with E-state index in [0.29, 0.717) is 24.5 Å². The number of halogens is 1. The van der Waals surface area contributed by atoms with Crippen LogP contribution in [0.1, 0.15) is 35.4 Å². The zero-order chi connectivity index (χ0) is 24.0. The molecule has 3 rings (SSSR count). The molecule has 0 saturated heterocycles. The molecule has 1 atom stereocenters. The molecule has 34 heavy (non-hydrogen) atoms. The van der Waals surface area contributed by atoms with Crippen molar-refractivity contribution >= 4 is 27.4 Å². The predicted molar refractivity (Wildman–Crippen MR) is 126 cm³/mol. The second-order valence-corrected chi connectivity index (χ2v) is 9.90.